The van der Waals surface area contributed by atoms with Crippen LogP contribution in [0, 0.1) is 0 Å². The quantitative estimate of drug-likeness (QED) is 0.480. The number of hydrogen-bond donors (Lipinski definition) is 3. The van der Waals surface area contributed by atoms with E-state index < -0.39 is 11.9 Å². The highest BCUT2D eigenvalue weighted by Crippen LogP contribution is 2.11. The van der Waals surface area contributed by atoms with E-state index in [4.69, 9.17) is 10.2 Å². The predicted molar refractivity (Wildman–Crippen MR) is 81.0 cm³/mol. The van der Waals surface area contributed by atoms with Crippen molar-refractivity contribution >= 4 is 11.9 Å². The van der Waals surface area contributed by atoms with Gasteiger partial charge in [-0.1, -0.05) is 44.9 Å². The summed E-state index contributed by atoms with van der Waals surface area (Å²) in [5.74, 6) is -1.41. The predicted octanol–water partition coefficient (Wildman–Crippen LogP) is 3.28. The van der Waals surface area contributed by atoms with Crippen molar-refractivity contribution in [1.29, 1.82) is 0 Å². The molecule has 20 heavy (non-hydrogen) atoms. The fourth-order valence-electron chi connectivity index (χ4n) is 1.79. The van der Waals surface area contributed by atoms with Gasteiger partial charge in [-0.25, -0.2) is 0 Å². The summed E-state index contributed by atoms with van der Waals surface area (Å²) in [4.78, 5) is 20.5. The number of carboxylic acid groups (broad SMARTS) is 2. The smallest absolute Gasteiger partial charge is 0.303 e. The SMILES string of the molecule is CNC.O=C(O)CCCCCCCCCCCC(=O)O. The summed E-state index contributed by atoms with van der Waals surface area (Å²) >= 11 is 0. The zero-order valence-electron chi connectivity index (χ0n) is 13.0. The van der Waals surface area contributed by atoms with Gasteiger partial charge in [0, 0.05) is 12.8 Å². The third-order valence-electron chi connectivity index (χ3n) is 2.78. The highest BCUT2D eigenvalue weighted by molar-refractivity contribution is 5.66. The zero-order valence-corrected chi connectivity index (χ0v) is 13.0. The summed E-state index contributed by atoms with van der Waals surface area (Å²) < 4.78 is 0. The van der Waals surface area contributed by atoms with E-state index in [9.17, 15) is 9.59 Å². The van der Waals surface area contributed by atoms with Gasteiger partial charge in [-0.15, -0.1) is 0 Å². The Morgan fingerprint density at radius 1 is 0.650 bits per heavy atom. The van der Waals surface area contributed by atoms with Crippen LogP contribution in [0.1, 0.15) is 70.6 Å². The van der Waals surface area contributed by atoms with Crippen molar-refractivity contribution in [1.82, 2.24) is 5.32 Å². The van der Waals surface area contributed by atoms with Gasteiger partial charge in [-0.05, 0) is 26.9 Å². The molecule has 0 aromatic heterocycles. The third-order valence-corrected chi connectivity index (χ3v) is 2.78. The first kappa shape index (κ1) is 21.2. The minimum absolute atomic E-state index is 0.287. The van der Waals surface area contributed by atoms with Crippen molar-refractivity contribution in [2.24, 2.45) is 0 Å². The number of rotatable bonds is 12. The number of unbranched alkanes of at least 4 members (excludes halogenated alkanes) is 8. The van der Waals surface area contributed by atoms with Crippen molar-refractivity contribution in [3.8, 4) is 0 Å². The molecule has 0 unspecified atom stereocenters. The molecule has 0 spiro atoms. The first-order valence-electron chi connectivity index (χ1n) is 7.56. The monoisotopic (exact) mass is 289 g/mol. The third kappa shape index (κ3) is 25.7. The van der Waals surface area contributed by atoms with Crippen LogP contribution < -0.4 is 5.32 Å². The average Bonchev–Trinajstić information content (AvgIpc) is 2.36. The number of hydrogen-bond acceptors (Lipinski definition) is 3. The Hall–Kier alpha value is -1.10. The molecule has 0 rings (SSSR count). The van der Waals surface area contributed by atoms with Crippen molar-refractivity contribution in [2.45, 2.75) is 70.6 Å². The molecule has 0 heterocycles. The lowest BCUT2D eigenvalue weighted by molar-refractivity contribution is -0.138. The second kappa shape index (κ2) is 17.9. The molecular formula is C15H31NO4. The summed E-state index contributed by atoms with van der Waals surface area (Å²) in [6.07, 6.45) is 9.89. The minimum Gasteiger partial charge on any atom is -0.481 e. The molecule has 0 aromatic rings. The van der Waals surface area contributed by atoms with Crippen LogP contribution in [0.4, 0.5) is 0 Å². The van der Waals surface area contributed by atoms with Gasteiger partial charge < -0.3 is 15.5 Å². The van der Waals surface area contributed by atoms with Crippen LogP contribution >= 0.6 is 0 Å². The Kier molecular flexibility index (Phi) is 19.0. The maximum Gasteiger partial charge on any atom is 0.303 e. The molecule has 0 bridgehead atoms. The highest BCUT2D eigenvalue weighted by atomic mass is 16.4. The van der Waals surface area contributed by atoms with Gasteiger partial charge in [-0.3, -0.25) is 9.59 Å². The topological polar surface area (TPSA) is 86.6 Å². The maximum absolute atomic E-state index is 10.2. The molecule has 0 amide bonds. The Bertz CT molecular complexity index is 210. The molecule has 0 radical (unpaired) electrons. The van der Waals surface area contributed by atoms with Crippen LogP contribution in [0.2, 0.25) is 0 Å². The molecular weight excluding hydrogens is 258 g/mol. The van der Waals surface area contributed by atoms with Gasteiger partial charge in [0.2, 0.25) is 0 Å². The van der Waals surface area contributed by atoms with Gasteiger partial charge in [0.25, 0.3) is 0 Å². The van der Waals surface area contributed by atoms with Crippen molar-refractivity contribution in [3.05, 3.63) is 0 Å². The second-order valence-electron chi connectivity index (χ2n) is 4.97. The van der Waals surface area contributed by atoms with E-state index in [1.54, 1.807) is 0 Å². The van der Waals surface area contributed by atoms with E-state index in [2.05, 4.69) is 5.32 Å². The van der Waals surface area contributed by atoms with E-state index in [0.717, 1.165) is 38.5 Å². The highest BCUT2D eigenvalue weighted by Gasteiger charge is 1.98. The Balaban J connectivity index is 0. The van der Waals surface area contributed by atoms with E-state index >= 15 is 0 Å². The Morgan fingerprint density at radius 3 is 1.05 bits per heavy atom. The standard InChI is InChI=1S/C13H24O4.C2H7N/c14-12(15)10-8-6-4-2-1-3-5-7-9-11-13(16)17;1-3-2/h1-11H2,(H,14,15)(H,16,17);3H,1-2H3. The van der Waals surface area contributed by atoms with Crippen LogP contribution in [0.25, 0.3) is 0 Å². The lowest BCUT2D eigenvalue weighted by atomic mass is 10.1. The van der Waals surface area contributed by atoms with Crippen LogP contribution in [-0.4, -0.2) is 36.2 Å². The van der Waals surface area contributed by atoms with E-state index in [-0.39, 0.29) is 12.8 Å². The molecule has 0 saturated carbocycles. The van der Waals surface area contributed by atoms with Gasteiger partial charge >= 0.3 is 11.9 Å². The summed E-state index contributed by atoms with van der Waals surface area (Å²) in [5.41, 5.74) is 0. The van der Waals surface area contributed by atoms with Crippen LogP contribution in [0.5, 0.6) is 0 Å². The second-order valence-corrected chi connectivity index (χ2v) is 4.97. The molecule has 0 aliphatic rings. The van der Waals surface area contributed by atoms with Gasteiger partial charge in [0.1, 0.15) is 0 Å². The first-order chi connectivity index (χ1) is 9.54. The summed E-state index contributed by atoms with van der Waals surface area (Å²) in [5, 5.41) is 19.6. The Labute approximate surface area is 122 Å². The summed E-state index contributed by atoms with van der Waals surface area (Å²) in [6, 6.07) is 0. The van der Waals surface area contributed by atoms with E-state index in [1.807, 2.05) is 14.1 Å². The van der Waals surface area contributed by atoms with Gasteiger partial charge in [-0.2, -0.15) is 0 Å². The van der Waals surface area contributed by atoms with Crippen LogP contribution in [-0.2, 0) is 9.59 Å². The molecule has 0 saturated heterocycles. The average molecular weight is 289 g/mol. The maximum atomic E-state index is 10.2. The lowest BCUT2D eigenvalue weighted by Gasteiger charge is -2.01. The largest absolute Gasteiger partial charge is 0.481 e. The van der Waals surface area contributed by atoms with Crippen molar-refractivity contribution in [2.75, 3.05) is 14.1 Å². The molecule has 0 fully saturated rings. The molecule has 3 N–H and O–H groups in total. The normalized spacial score (nSPS) is 9.70. The van der Waals surface area contributed by atoms with Crippen molar-refractivity contribution < 1.29 is 19.8 Å². The molecule has 0 aliphatic carbocycles. The van der Waals surface area contributed by atoms with E-state index in [1.165, 1.54) is 19.3 Å². The molecule has 0 aliphatic heterocycles. The number of aliphatic carboxylic acids is 2. The zero-order chi connectivity index (χ0) is 15.6. The van der Waals surface area contributed by atoms with Gasteiger partial charge in [0.15, 0.2) is 0 Å². The lowest BCUT2D eigenvalue weighted by Crippen LogP contribution is -1.94. The molecule has 0 aromatic carbocycles. The van der Waals surface area contributed by atoms with Crippen molar-refractivity contribution in [3.63, 3.8) is 0 Å². The summed E-state index contributed by atoms with van der Waals surface area (Å²) in [6.45, 7) is 0. The van der Waals surface area contributed by atoms with Crippen LogP contribution in [0.3, 0.4) is 0 Å². The first-order valence-corrected chi connectivity index (χ1v) is 7.56. The molecule has 5 nitrogen and oxygen atoms in total. The van der Waals surface area contributed by atoms with Gasteiger partial charge in [0.05, 0.1) is 0 Å². The molecule has 120 valence electrons. The van der Waals surface area contributed by atoms with E-state index in [0.29, 0.717) is 0 Å². The minimum atomic E-state index is -0.705. The number of nitrogens with one attached hydrogen (secondary N) is 1. The molecule has 0 atom stereocenters. The molecule has 5 heteroatoms. The fourth-order valence-corrected chi connectivity index (χ4v) is 1.79. The Morgan fingerprint density at radius 2 is 0.850 bits per heavy atom. The van der Waals surface area contributed by atoms with Crippen LogP contribution in [0.15, 0.2) is 0 Å². The summed E-state index contributed by atoms with van der Waals surface area (Å²) in [7, 11) is 3.75. The fraction of sp³-hybridized carbons (Fsp3) is 0.867. The number of carboxylic acids is 2. The number of carbonyl (C=O) groups is 2.